The predicted molar refractivity (Wildman–Crippen MR) is 165 cm³/mol. The average Bonchev–Trinajstić information content (AvgIpc) is 3.16. The first-order valence-electron chi connectivity index (χ1n) is 14.5. The summed E-state index contributed by atoms with van der Waals surface area (Å²) >= 11 is 0. The van der Waals surface area contributed by atoms with Crippen LogP contribution in [-0.2, 0) is 16.8 Å². The minimum Gasteiger partial charge on any atom is -0.465 e. The maximum atomic E-state index is 13.8. The molecule has 11 nitrogen and oxygen atoms in total. The van der Waals surface area contributed by atoms with Crippen molar-refractivity contribution < 1.29 is 19.5 Å². The third-order valence-corrected chi connectivity index (χ3v) is 8.39. The lowest BCUT2D eigenvalue weighted by molar-refractivity contribution is -0.122. The van der Waals surface area contributed by atoms with Crippen molar-refractivity contribution >= 4 is 29.4 Å². The Labute approximate surface area is 250 Å². The van der Waals surface area contributed by atoms with Gasteiger partial charge in [0.1, 0.15) is 5.82 Å². The minimum absolute atomic E-state index is 0.0486. The monoisotopic (exact) mass is 586 g/mol. The Kier molecular flexibility index (Phi) is 7.76. The van der Waals surface area contributed by atoms with E-state index in [9.17, 15) is 24.3 Å². The maximum absolute atomic E-state index is 13.8. The number of aromatic nitrogens is 2. The molecule has 0 radical (unpaired) electrons. The second-order valence-corrected chi connectivity index (χ2v) is 12.1. The van der Waals surface area contributed by atoms with Gasteiger partial charge in [0, 0.05) is 78.6 Å². The Hall–Kier alpha value is -4.67. The Balaban J connectivity index is 1.51. The van der Waals surface area contributed by atoms with Gasteiger partial charge in [-0.3, -0.25) is 14.4 Å². The van der Waals surface area contributed by atoms with Gasteiger partial charge in [-0.2, -0.15) is 0 Å². The van der Waals surface area contributed by atoms with Crippen molar-refractivity contribution in [1.29, 1.82) is 0 Å². The van der Waals surface area contributed by atoms with Crippen LogP contribution in [0.1, 0.15) is 60.4 Å². The number of hydrogen-bond donors (Lipinski definition) is 3. The van der Waals surface area contributed by atoms with Crippen LogP contribution in [0.3, 0.4) is 0 Å². The molecule has 43 heavy (non-hydrogen) atoms. The van der Waals surface area contributed by atoms with E-state index in [0.717, 1.165) is 28.2 Å². The quantitative estimate of drug-likeness (QED) is 0.399. The zero-order valence-electron chi connectivity index (χ0n) is 25.4. The number of nitrogens with one attached hydrogen (secondary N) is 2. The van der Waals surface area contributed by atoms with Gasteiger partial charge in [-0.25, -0.2) is 9.78 Å². The summed E-state index contributed by atoms with van der Waals surface area (Å²) in [6, 6.07) is 9.29. The van der Waals surface area contributed by atoms with Gasteiger partial charge in [0.2, 0.25) is 5.91 Å². The number of amides is 3. The van der Waals surface area contributed by atoms with Crippen molar-refractivity contribution in [3.63, 3.8) is 0 Å². The number of nitrogens with zero attached hydrogens (tertiary/aromatic N) is 4. The van der Waals surface area contributed by atoms with Gasteiger partial charge in [-0.15, -0.1) is 0 Å². The van der Waals surface area contributed by atoms with Crippen LogP contribution in [0.15, 0.2) is 41.3 Å². The molecule has 1 saturated heterocycles. The molecule has 2 aliphatic heterocycles. The van der Waals surface area contributed by atoms with Gasteiger partial charge >= 0.3 is 6.09 Å². The number of fused-ring (bicyclic) bond motifs is 1. The number of anilines is 2. The second-order valence-electron chi connectivity index (χ2n) is 12.1. The SMILES string of the molecule is Cc1cc(C)c(CNC(=O)c2cc(-c3ccc(N4CCN(C(=O)O)CC4)nc3)cc3c2C(C)(C)C(=O)N3C(C)C)c(=O)[nH]1. The van der Waals surface area contributed by atoms with Crippen LogP contribution in [0.5, 0.6) is 0 Å². The Morgan fingerprint density at radius 3 is 2.33 bits per heavy atom. The first-order chi connectivity index (χ1) is 20.3. The van der Waals surface area contributed by atoms with Crippen molar-refractivity contribution in [2.75, 3.05) is 36.0 Å². The van der Waals surface area contributed by atoms with Crippen molar-refractivity contribution in [3.05, 3.63) is 74.8 Å². The number of pyridine rings is 2. The van der Waals surface area contributed by atoms with E-state index in [1.807, 2.05) is 70.7 Å². The molecular formula is C32H38N6O5. The summed E-state index contributed by atoms with van der Waals surface area (Å²) in [6.45, 7) is 13.2. The number of benzene rings is 1. The third kappa shape index (κ3) is 5.47. The number of hydrogen-bond acceptors (Lipinski definition) is 6. The number of H-pyrrole nitrogens is 1. The van der Waals surface area contributed by atoms with Gasteiger partial charge in [0.05, 0.1) is 5.41 Å². The zero-order chi connectivity index (χ0) is 31.2. The Morgan fingerprint density at radius 2 is 1.74 bits per heavy atom. The largest absolute Gasteiger partial charge is 0.465 e. The summed E-state index contributed by atoms with van der Waals surface area (Å²) in [5.74, 6) is 0.292. The van der Waals surface area contributed by atoms with Crippen LogP contribution in [0, 0.1) is 13.8 Å². The van der Waals surface area contributed by atoms with Crippen molar-refractivity contribution in [2.45, 2.75) is 59.5 Å². The molecule has 2 aliphatic rings. The molecule has 226 valence electrons. The van der Waals surface area contributed by atoms with Crippen molar-refractivity contribution in [1.82, 2.24) is 20.2 Å². The number of aromatic amines is 1. The smallest absolute Gasteiger partial charge is 0.407 e. The molecule has 3 aromatic rings. The number of piperazine rings is 1. The molecule has 1 aromatic carbocycles. The van der Waals surface area contributed by atoms with E-state index in [-0.39, 0.29) is 30.0 Å². The molecule has 5 rings (SSSR count). The molecule has 0 saturated carbocycles. The highest BCUT2D eigenvalue weighted by Crippen LogP contribution is 2.46. The highest BCUT2D eigenvalue weighted by atomic mass is 16.4. The van der Waals surface area contributed by atoms with E-state index in [1.54, 1.807) is 17.2 Å². The minimum atomic E-state index is -0.928. The molecule has 4 heterocycles. The molecule has 1 fully saturated rings. The molecule has 11 heteroatoms. The Bertz CT molecular complexity index is 1650. The molecule has 3 amide bonds. The van der Waals surface area contributed by atoms with E-state index in [1.165, 1.54) is 4.90 Å². The number of rotatable bonds is 6. The molecule has 0 spiro atoms. The fourth-order valence-corrected chi connectivity index (χ4v) is 6.09. The summed E-state index contributed by atoms with van der Waals surface area (Å²) in [5.41, 5.74) is 4.08. The maximum Gasteiger partial charge on any atom is 0.407 e. The highest BCUT2D eigenvalue weighted by molar-refractivity contribution is 6.13. The molecular weight excluding hydrogens is 548 g/mol. The first kappa shape index (κ1) is 29.8. The number of carbonyl (C=O) groups excluding carboxylic acids is 2. The van der Waals surface area contributed by atoms with E-state index in [4.69, 9.17) is 0 Å². The highest BCUT2D eigenvalue weighted by Gasteiger charge is 2.47. The molecule has 3 N–H and O–H groups in total. The van der Waals surface area contributed by atoms with E-state index < -0.39 is 11.5 Å². The fourth-order valence-electron chi connectivity index (χ4n) is 6.09. The first-order valence-corrected chi connectivity index (χ1v) is 14.5. The van der Waals surface area contributed by atoms with Gasteiger partial charge in [-0.05, 0) is 83.0 Å². The van der Waals surface area contributed by atoms with Gasteiger partial charge in [-0.1, -0.05) is 0 Å². The van der Waals surface area contributed by atoms with Crippen molar-refractivity contribution in [2.24, 2.45) is 0 Å². The van der Waals surface area contributed by atoms with Crippen LogP contribution in [0.4, 0.5) is 16.3 Å². The van der Waals surface area contributed by atoms with Crippen LogP contribution in [-0.4, -0.2) is 70.1 Å². The third-order valence-electron chi connectivity index (χ3n) is 8.39. The van der Waals surface area contributed by atoms with E-state index >= 15 is 0 Å². The molecule has 0 aliphatic carbocycles. The average molecular weight is 587 g/mol. The number of carbonyl (C=O) groups is 3. The predicted octanol–water partition coefficient (Wildman–Crippen LogP) is 3.82. The van der Waals surface area contributed by atoms with Crippen LogP contribution < -0.4 is 20.7 Å². The van der Waals surface area contributed by atoms with E-state index in [2.05, 4.69) is 15.3 Å². The van der Waals surface area contributed by atoms with Crippen LogP contribution in [0.2, 0.25) is 0 Å². The summed E-state index contributed by atoms with van der Waals surface area (Å²) < 4.78 is 0. The van der Waals surface area contributed by atoms with Crippen molar-refractivity contribution in [3.8, 4) is 11.1 Å². The lowest BCUT2D eigenvalue weighted by Gasteiger charge is -2.33. The van der Waals surface area contributed by atoms with E-state index in [0.29, 0.717) is 48.6 Å². The molecule has 0 atom stereocenters. The number of carboxylic acid groups (broad SMARTS) is 1. The van der Waals surface area contributed by atoms with Crippen LogP contribution >= 0.6 is 0 Å². The topological polar surface area (TPSA) is 139 Å². The lowest BCUT2D eigenvalue weighted by atomic mass is 9.81. The summed E-state index contributed by atoms with van der Waals surface area (Å²) in [6.07, 6.45) is 0.816. The molecule has 2 aromatic heterocycles. The summed E-state index contributed by atoms with van der Waals surface area (Å²) in [7, 11) is 0. The molecule has 0 unspecified atom stereocenters. The van der Waals surface area contributed by atoms with Crippen LogP contribution in [0.25, 0.3) is 11.1 Å². The zero-order valence-corrected chi connectivity index (χ0v) is 25.4. The standard InChI is InChI=1S/C32H38N6O5/c1-18(2)38-25-15-22(21-7-8-26(33-16-21)36-9-11-37(12-10-36)31(42)43)14-23(27(25)32(5,6)30(38)41)28(39)34-17-24-19(3)13-20(4)35-29(24)40/h7-8,13-16,18H,9-12,17H2,1-6H3,(H,34,39)(H,35,40)(H,42,43). The fraction of sp³-hybridized carbons (Fsp3) is 0.406. The Morgan fingerprint density at radius 1 is 1.05 bits per heavy atom. The summed E-state index contributed by atoms with van der Waals surface area (Å²) in [4.78, 5) is 63.9. The van der Waals surface area contributed by atoms with Gasteiger partial charge in [0.15, 0.2) is 0 Å². The normalized spacial score (nSPS) is 16.1. The van der Waals surface area contributed by atoms with Gasteiger partial charge < -0.3 is 30.1 Å². The van der Waals surface area contributed by atoms with Gasteiger partial charge in [0.25, 0.3) is 11.5 Å². The number of aryl methyl sites for hydroxylation is 2. The lowest BCUT2D eigenvalue weighted by Crippen LogP contribution is -2.48. The summed E-state index contributed by atoms with van der Waals surface area (Å²) in [5, 5.41) is 12.2. The second kappa shape index (κ2) is 11.2. The molecule has 0 bridgehead atoms.